The number of hydrogen-bond acceptors (Lipinski definition) is 2. The molecule has 0 unspecified atom stereocenters. The van der Waals surface area contributed by atoms with Crippen LogP contribution in [0.1, 0.15) is 28.3 Å². The van der Waals surface area contributed by atoms with Crippen LogP contribution in [0.15, 0.2) is 47.5 Å². The van der Waals surface area contributed by atoms with Crippen molar-refractivity contribution in [3.63, 3.8) is 0 Å². The van der Waals surface area contributed by atoms with Crippen molar-refractivity contribution in [2.24, 2.45) is 4.99 Å². The number of aromatic nitrogens is 2. The Kier molecular flexibility index (Phi) is 3.70. The summed E-state index contributed by atoms with van der Waals surface area (Å²) in [5.74, 6) is 0.927. The predicted octanol–water partition coefficient (Wildman–Crippen LogP) is 5.15. The maximum atomic E-state index is 6.42. The van der Waals surface area contributed by atoms with Crippen molar-refractivity contribution in [1.82, 2.24) is 9.55 Å². The molecule has 0 saturated heterocycles. The smallest absolute Gasteiger partial charge is 0.135 e. The van der Waals surface area contributed by atoms with Crippen molar-refractivity contribution in [3.05, 3.63) is 80.8 Å². The highest BCUT2D eigenvalue weighted by Crippen LogP contribution is 2.31. The van der Waals surface area contributed by atoms with E-state index < -0.39 is 0 Å². The van der Waals surface area contributed by atoms with Gasteiger partial charge in [0.2, 0.25) is 0 Å². The minimum Gasteiger partial charge on any atom is -0.298 e. The molecule has 3 aromatic rings. The van der Waals surface area contributed by atoms with Crippen LogP contribution in [0.3, 0.4) is 0 Å². The first-order valence-corrected chi connectivity index (χ1v) is 8.46. The molecule has 1 aromatic heterocycles. The van der Waals surface area contributed by atoms with Gasteiger partial charge in [0.25, 0.3) is 0 Å². The number of halogens is 2. The Morgan fingerprint density at radius 3 is 2.58 bits per heavy atom. The van der Waals surface area contributed by atoms with Gasteiger partial charge in [-0.1, -0.05) is 41.4 Å². The van der Waals surface area contributed by atoms with Crippen LogP contribution in [0.2, 0.25) is 10.0 Å². The summed E-state index contributed by atoms with van der Waals surface area (Å²) in [5, 5.41) is 1.35. The zero-order valence-electron chi connectivity index (χ0n) is 13.3. The molecule has 0 spiro atoms. The van der Waals surface area contributed by atoms with Gasteiger partial charge in [0.15, 0.2) is 0 Å². The molecule has 2 aromatic carbocycles. The molecule has 0 radical (unpaired) electrons. The molecule has 0 bridgehead atoms. The molecule has 0 aliphatic carbocycles. The summed E-state index contributed by atoms with van der Waals surface area (Å²) in [7, 11) is 0. The Hall–Kier alpha value is -2.10. The van der Waals surface area contributed by atoms with Crippen LogP contribution in [0, 0.1) is 13.8 Å². The van der Waals surface area contributed by atoms with Gasteiger partial charge in [-0.3, -0.25) is 9.56 Å². The number of benzene rings is 2. The minimum absolute atomic E-state index is 0.502. The molecular formula is C19H15Cl2N3. The lowest BCUT2D eigenvalue weighted by Crippen LogP contribution is -2.08. The van der Waals surface area contributed by atoms with Crippen LogP contribution in [0.25, 0.3) is 5.69 Å². The van der Waals surface area contributed by atoms with Crippen LogP contribution in [-0.4, -0.2) is 15.3 Å². The Morgan fingerprint density at radius 2 is 1.79 bits per heavy atom. The van der Waals surface area contributed by atoms with Crippen LogP contribution in [0.4, 0.5) is 0 Å². The van der Waals surface area contributed by atoms with Crippen LogP contribution >= 0.6 is 23.2 Å². The van der Waals surface area contributed by atoms with Crippen LogP contribution in [-0.2, 0) is 6.54 Å². The maximum Gasteiger partial charge on any atom is 0.135 e. The number of nitrogens with zero attached hydrogens (tertiary/aromatic N) is 3. The van der Waals surface area contributed by atoms with E-state index in [-0.39, 0.29) is 0 Å². The summed E-state index contributed by atoms with van der Waals surface area (Å²) in [5.41, 5.74) is 5.88. The van der Waals surface area contributed by atoms with Crippen molar-refractivity contribution in [2.75, 3.05) is 0 Å². The van der Waals surface area contributed by atoms with Gasteiger partial charge in [0.1, 0.15) is 5.82 Å². The maximum absolute atomic E-state index is 6.42. The van der Waals surface area contributed by atoms with E-state index in [9.17, 15) is 0 Å². The van der Waals surface area contributed by atoms with Crippen molar-refractivity contribution in [1.29, 1.82) is 0 Å². The van der Waals surface area contributed by atoms with E-state index in [0.29, 0.717) is 16.6 Å². The Balaban J connectivity index is 2.03. The van der Waals surface area contributed by atoms with Gasteiger partial charge < -0.3 is 0 Å². The molecular weight excluding hydrogens is 341 g/mol. The minimum atomic E-state index is 0.502. The third kappa shape index (κ3) is 2.36. The lowest BCUT2D eigenvalue weighted by Gasteiger charge is -2.14. The van der Waals surface area contributed by atoms with Gasteiger partial charge in [0.05, 0.1) is 23.6 Å². The number of hydrogen-bond donors (Lipinski definition) is 0. The quantitative estimate of drug-likeness (QED) is 0.593. The standard InChI is InChI=1S/C19H15Cl2N3/c1-11-12(2)24-17-8-7-13(20)9-15(17)19(22-10-18(24)23-11)14-5-3-4-6-16(14)21/h3-9H,10H2,1-2H3. The Morgan fingerprint density at radius 1 is 1.00 bits per heavy atom. The lowest BCUT2D eigenvalue weighted by atomic mass is 10.0. The fraction of sp³-hybridized carbons (Fsp3) is 0.158. The monoisotopic (exact) mass is 355 g/mol. The zero-order valence-corrected chi connectivity index (χ0v) is 14.9. The first-order chi connectivity index (χ1) is 11.6. The Bertz CT molecular complexity index is 986. The average Bonchev–Trinajstić information content (AvgIpc) is 2.75. The Labute approximate surface area is 150 Å². The van der Waals surface area contributed by atoms with Crippen molar-refractivity contribution in [3.8, 4) is 5.69 Å². The fourth-order valence-corrected chi connectivity index (χ4v) is 3.51. The molecule has 1 aliphatic heterocycles. The van der Waals surface area contributed by atoms with Gasteiger partial charge >= 0.3 is 0 Å². The molecule has 0 saturated carbocycles. The summed E-state index contributed by atoms with van der Waals surface area (Å²) in [4.78, 5) is 9.50. The summed E-state index contributed by atoms with van der Waals surface area (Å²) in [6.07, 6.45) is 0. The van der Waals surface area contributed by atoms with Gasteiger partial charge in [-0.15, -0.1) is 0 Å². The largest absolute Gasteiger partial charge is 0.298 e. The van der Waals surface area contributed by atoms with Crippen molar-refractivity contribution >= 4 is 28.9 Å². The molecule has 120 valence electrons. The molecule has 5 heteroatoms. The van der Waals surface area contributed by atoms with Crippen molar-refractivity contribution in [2.45, 2.75) is 20.4 Å². The molecule has 0 atom stereocenters. The second-order valence-electron chi connectivity index (χ2n) is 5.84. The van der Waals surface area contributed by atoms with Crippen molar-refractivity contribution < 1.29 is 0 Å². The van der Waals surface area contributed by atoms with Crippen LogP contribution < -0.4 is 0 Å². The SMILES string of the molecule is Cc1nc2n(c1C)-c1ccc(Cl)cc1C(c1ccccc1Cl)=NC2. The third-order valence-electron chi connectivity index (χ3n) is 4.38. The highest BCUT2D eigenvalue weighted by Gasteiger charge is 2.23. The second kappa shape index (κ2) is 5.76. The predicted molar refractivity (Wildman–Crippen MR) is 98.8 cm³/mol. The molecule has 0 N–H and O–H groups in total. The van der Waals surface area contributed by atoms with E-state index >= 15 is 0 Å². The number of aryl methyl sites for hydroxylation is 1. The van der Waals surface area contributed by atoms with Gasteiger partial charge in [0, 0.05) is 26.9 Å². The summed E-state index contributed by atoms with van der Waals surface area (Å²) >= 11 is 12.7. The van der Waals surface area contributed by atoms with E-state index in [2.05, 4.69) is 16.5 Å². The summed E-state index contributed by atoms with van der Waals surface area (Å²) in [6, 6.07) is 13.6. The van der Waals surface area contributed by atoms with Gasteiger partial charge in [-0.2, -0.15) is 0 Å². The van der Waals surface area contributed by atoms with Gasteiger partial charge in [-0.05, 0) is 38.1 Å². The third-order valence-corrected chi connectivity index (χ3v) is 4.94. The molecule has 2 heterocycles. The molecule has 4 rings (SSSR count). The topological polar surface area (TPSA) is 30.2 Å². The normalized spacial score (nSPS) is 13.1. The molecule has 3 nitrogen and oxygen atoms in total. The number of aliphatic imine (C=N–C) groups is 1. The van der Waals surface area contributed by atoms with E-state index in [1.54, 1.807) is 0 Å². The van der Waals surface area contributed by atoms with E-state index in [0.717, 1.165) is 39.7 Å². The first kappa shape index (κ1) is 15.4. The fourth-order valence-electron chi connectivity index (χ4n) is 3.12. The average molecular weight is 356 g/mol. The van der Waals surface area contributed by atoms with Gasteiger partial charge in [-0.25, -0.2) is 4.98 Å². The van der Waals surface area contributed by atoms with Crippen LogP contribution in [0.5, 0.6) is 0 Å². The lowest BCUT2D eigenvalue weighted by molar-refractivity contribution is 0.863. The number of rotatable bonds is 1. The highest BCUT2D eigenvalue weighted by atomic mass is 35.5. The molecule has 1 aliphatic rings. The number of imidazole rings is 1. The molecule has 0 fully saturated rings. The van der Waals surface area contributed by atoms with E-state index in [1.807, 2.05) is 49.4 Å². The molecule has 24 heavy (non-hydrogen) atoms. The first-order valence-electron chi connectivity index (χ1n) is 7.70. The number of fused-ring (bicyclic) bond motifs is 3. The zero-order chi connectivity index (χ0) is 16.8. The van der Waals surface area contributed by atoms with E-state index in [4.69, 9.17) is 28.2 Å². The molecule has 0 amide bonds. The summed E-state index contributed by atoms with van der Waals surface area (Å²) < 4.78 is 2.16. The second-order valence-corrected chi connectivity index (χ2v) is 6.68. The summed E-state index contributed by atoms with van der Waals surface area (Å²) in [6.45, 7) is 4.59. The highest BCUT2D eigenvalue weighted by molar-refractivity contribution is 6.36. The van der Waals surface area contributed by atoms with E-state index in [1.165, 1.54) is 0 Å².